The summed E-state index contributed by atoms with van der Waals surface area (Å²) in [5.74, 6) is -0.353. The number of amides is 4. The van der Waals surface area contributed by atoms with Crippen molar-refractivity contribution < 1.29 is 38.2 Å². The van der Waals surface area contributed by atoms with E-state index < -0.39 is 30.3 Å². The SMILES string of the molecule is CCCCCCOc1ccccc1Cn1c2cc(CC(=O)[C@@H]3CCCN3C(=O)[C@H](NC(C)=O)c3ccccc3)ccc2c2ccc(CC(=O)[C@@H]3CCCN3C(=O)[C@H](NC(=O)OC)c3ccccc3)cc21. The van der Waals surface area contributed by atoms with Crippen LogP contribution >= 0.6 is 0 Å². The number of ether oxygens (including phenoxy) is 2. The average Bonchev–Trinajstić information content (AvgIpc) is 4.14. The number of nitrogens with one attached hydrogen (secondary N) is 2. The lowest BCUT2D eigenvalue weighted by atomic mass is 9.98. The Kier molecular flexibility index (Phi) is 16.1. The van der Waals surface area contributed by atoms with Gasteiger partial charge in [-0.15, -0.1) is 0 Å². The lowest BCUT2D eigenvalue weighted by Crippen LogP contribution is -2.47. The number of rotatable bonds is 20. The van der Waals surface area contributed by atoms with Gasteiger partial charge in [-0.2, -0.15) is 0 Å². The van der Waals surface area contributed by atoms with Gasteiger partial charge in [-0.1, -0.05) is 129 Å². The fourth-order valence-electron chi connectivity index (χ4n) is 10.2. The molecule has 0 radical (unpaired) electrons. The minimum atomic E-state index is -1.01. The average molecular weight is 946 g/mol. The normalized spacial score (nSPS) is 16.5. The third-order valence-electron chi connectivity index (χ3n) is 13.7. The Morgan fingerprint density at radius 3 is 1.66 bits per heavy atom. The minimum Gasteiger partial charge on any atom is -0.493 e. The van der Waals surface area contributed by atoms with Crippen LogP contribution in [0.5, 0.6) is 5.75 Å². The van der Waals surface area contributed by atoms with Crippen LogP contribution in [0, 0.1) is 0 Å². The fourth-order valence-corrected chi connectivity index (χ4v) is 10.2. The zero-order valence-electron chi connectivity index (χ0n) is 40.4. The third-order valence-corrected chi connectivity index (χ3v) is 13.7. The summed E-state index contributed by atoms with van der Waals surface area (Å²) in [7, 11) is 1.25. The third kappa shape index (κ3) is 11.3. The second-order valence-electron chi connectivity index (χ2n) is 18.5. The molecule has 0 unspecified atom stereocenters. The number of carbonyl (C=O) groups excluding carboxylic acids is 6. The molecule has 8 rings (SSSR count). The van der Waals surface area contributed by atoms with Gasteiger partial charge in [-0.05, 0) is 72.6 Å². The van der Waals surface area contributed by atoms with Crippen molar-refractivity contribution in [2.75, 3.05) is 26.8 Å². The summed E-state index contributed by atoms with van der Waals surface area (Å²) in [4.78, 5) is 84.8. The van der Waals surface area contributed by atoms with E-state index in [0.717, 1.165) is 69.9 Å². The molecule has 13 heteroatoms. The van der Waals surface area contributed by atoms with Crippen LogP contribution in [-0.4, -0.2) is 88.6 Å². The lowest BCUT2D eigenvalue weighted by molar-refractivity contribution is -0.140. The number of likely N-dealkylation sites (tertiary alicyclic amines) is 2. The smallest absolute Gasteiger partial charge is 0.407 e. The molecule has 4 amide bonds. The quantitative estimate of drug-likeness (QED) is 0.0719. The second kappa shape index (κ2) is 22.9. The molecule has 0 spiro atoms. The molecule has 2 aliphatic heterocycles. The highest BCUT2D eigenvalue weighted by Gasteiger charge is 2.39. The molecule has 2 N–H and O–H groups in total. The molecule has 2 saturated heterocycles. The number of carbonyl (C=O) groups is 6. The summed E-state index contributed by atoms with van der Waals surface area (Å²) in [6, 6.07) is 35.1. The van der Waals surface area contributed by atoms with Crippen molar-refractivity contribution in [1.82, 2.24) is 25.0 Å². The number of benzene rings is 5. The van der Waals surface area contributed by atoms with E-state index in [1.54, 1.807) is 46.2 Å². The standard InChI is InChI=1S/C57H63N5O8/c1-4-5-6-15-32-70-52-25-14-13-22-43(52)37-62-48-33-39(35-50(64)46-23-16-30-60(46)55(66)53(58-38(2)63)41-18-9-7-10-19-41)26-28-44(48)45-29-27-40(34-49(45)62)36-51(65)47-24-17-31-61(47)56(67)54(59-57(68)69-3)42-20-11-8-12-21-42/h7-14,18-22,25-29,33-34,46-47,53-54H,4-6,15-17,23-24,30-32,35-37H2,1-3H3,(H,58,63)(H,59,68)/t46-,47-,53+,54+/m0/s1. The van der Waals surface area contributed by atoms with E-state index >= 15 is 0 Å². The summed E-state index contributed by atoms with van der Waals surface area (Å²) in [5.41, 5.74) is 5.66. The maximum Gasteiger partial charge on any atom is 0.407 e. The van der Waals surface area contributed by atoms with Crippen LogP contribution in [0.1, 0.15) is 105 Å². The number of nitrogens with zero attached hydrogens (tertiary/aromatic N) is 3. The van der Waals surface area contributed by atoms with Crippen molar-refractivity contribution in [2.24, 2.45) is 0 Å². The van der Waals surface area contributed by atoms with Crippen molar-refractivity contribution >= 4 is 57.2 Å². The number of ketones is 2. The van der Waals surface area contributed by atoms with E-state index in [9.17, 15) is 28.8 Å². The predicted molar refractivity (Wildman–Crippen MR) is 269 cm³/mol. The molecular formula is C57H63N5O8. The first-order chi connectivity index (χ1) is 34.0. The van der Waals surface area contributed by atoms with Crippen LogP contribution in [0.2, 0.25) is 0 Å². The number of aromatic nitrogens is 1. The number of methoxy groups -OCH3 is 1. The Morgan fingerprint density at radius 2 is 1.14 bits per heavy atom. The van der Waals surface area contributed by atoms with Gasteiger partial charge in [-0.25, -0.2) is 4.79 Å². The van der Waals surface area contributed by atoms with E-state index in [4.69, 9.17) is 9.47 Å². The first kappa shape index (κ1) is 49.2. The summed E-state index contributed by atoms with van der Waals surface area (Å²) in [5, 5.41) is 7.46. The molecule has 364 valence electrons. The number of para-hydroxylation sites is 1. The monoisotopic (exact) mass is 945 g/mol. The molecule has 6 aromatic rings. The number of Topliss-reactive ketones (excluding diaryl/α,β-unsaturated/α-hetero) is 2. The van der Waals surface area contributed by atoms with Crippen LogP contribution < -0.4 is 15.4 Å². The van der Waals surface area contributed by atoms with Gasteiger partial charge in [0.15, 0.2) is 11.6 Å². The molecule has 2 aliphatic rings. The number of fused-ring (bicyclic) bond motifs is 3. The summed E-state index contributed by atoms with van der Waals surface area (Å²) in [6.07, 6.45) is 6.17. The minimum absolute atomic E-state index is 0.0688. The molecule has 0 bridgehead atoms. The van der Waals surface area contributed by atoms with Crippen LogP contribution in [0.3, 0.4) is 0 Å². The fraction of sp³-hybridized carbons (Fsp3) is 0.368. The van der Waals surface area contributed by atoms with Gasteiger partial charge >= 0.3 is 6.09 Å². The highest BCUT2D eigenvalue weighted by molar-refractivity contribution is 6.09. The number of alkyl carbamates (subject to hydrolysis) is 1. The summed E-state index contributed by atoms with van der Waals surface area (Å²) >= 11 is 0. The van der Waals surface area contributed by atoms with Crippen molar-refractivity contribution in [1.29, 1.82) is 0 Å². The van der Waals surface area contributed by atoms with Gasteiger partial charge in [0.1, 0.15) is 17.8 Å². The van der Waals surface area contributed by atoms with E-state index in [-0.39, 0.29) is 42.1 Å². The van der Waals surface area contributed by atoms with Crippen molar-refractivity contribution in [2.45, 2.75) is 109 Å². The number of hydrogen-bond donors (Lipinski definition) is 2. The van der Waals surface area contributed by atoms with E-state index in [0.29, 0.717) is 63.1 Å². The van der Waals surface area contributed by atoms with Crippen LogP contribution in [0.15, 0.2) is 121 Å². The molecule has 13 nitrogen and oxygen atoms in total. The highest BCUT2D eigenvalue weighted by Crippen LogP contribution is 2.35. The van der Waals surface area contributed by atoms with E-state index in [1.165, 1.54) is 14.0 Å². The molecule has 0 saturated carbocycles. The number of unbranched alkanes of at least 4 members (excludes halogenated alkanes) is 3. The Balaban J connectivity index is 1.09. The molecule has 3 heterocycles. The summed E-state index contributed by atoms with van der Waals surface area (Å²) < 4.78 is 13.5. The molecule has 0 aliphatic carbocycles. The largest absolute Gasteiger partial charge is 0.493 e. The maximum absolute atomic E-state index is 14.3. The van der Waals surface area contributed by atoms with Crippen LogP contribution in [-0.2, 0) is 48.1 Å². The van der Waals surface area contributed by atoms with Crippen LogP contribution in [0.4, 0.5) is 4.79 Å². The van der Waals surface area contributed by atoms with Gasteiger partial charge in [0.2, 0.25) is 11.8 Å². The van der Waals surface area contributed by atoms with Gasteiger partial charge in [0.25, 0.3) is 5.91 Å². The van der Waals surface area contributed by atoms with Gasteiger partial charge in [0.05, 0.1) is 32.3 Å². The first-order valence-corrected chi connectivity index (χ1v) is 24.7. The molecule has 5 aromatic carbocycles. The molecule has 70 heavy (non-hydrogen) atoms. The van der Waals surface area contributed by atoms with Gasteiger partial charge in [0, 0.05) is 60.2 Å². The van der Waals surface area contributed by atoms with Crippen LogP contribution in [0.25, 0.3) is 21.8 Å². The molecule has 1 aromatic heterocycles. The molecular weight excluding hydrogens is 883 g/mol. The topological polar surface area (TPSA) is 156 Å². The molecule has 2 fully saturated rings. The Bertz CT molecular complexity index is 2840. The van der Waals surface area contributed by atoms with E-state index in [2.05, 4.69) is 40.3 Å². The summed E-state index contributed by atoms with van der Waals surface area (Å²) in [6.45, 7) is 5.44. The van der Waals surface area contributed by atoms with E-state index in [1.807, 2.05) is 66.7 Å². The number of hydrogen-bond acceptors (Lipinski definition) is 8. The predicted octanol–water partition coefficient (Wildman–Crippen LogP) is 8.98. The van der Waals surface area contributed by atoms with Crippen molar-refractivity contribution in [3.63, 3.8) is 0 Å². The van der Waals surface area contributed by atoms with Crippen molar-refractivity contribution in [3.05, 3.63) is 149 Å². The Morgan fingerprint density at radius 1 is 0.629 bits per heavy atom. The first-order valence-electron chi connectivity index (χ1n) is 24.7. The van der Waals surface area contributed by atoms with Gasteiger partial charge in [-0.3, -0.25) is 24.0 Å². The Labute approximate surface area is 409 Å². The van der Waals surface area contributed by atoms with Gasteiger partial charge < -0.3 is 34.5 Å². The maximum atomic E-state index is 14.3. The second-order valence-corrected chi connectivity index (χ2v) is 18.5. The lowest BCUT2D eigenvalue weighted by Gasteiger charge is -2.28. The van der Waals surface area contributed by atoms with Crippen molar-refractivity contribution in [3.8, 4) is 5.75 Å². The Hall–Kier alpha value is -7.28. The zero-order chi connectivity index (χ0) is 49.1. The zero-order valence-corrected chi connectivity index (χ0v) is 40.4. The highest BCUT2D eigenvalue weighted by atomic mass is 16.5. The molecule has 4 atom stereocenters.